The van der Waals surface area contributed by atoms with Crippen LogP contribution in [0.25, 0.3) is 0 Å². The van der Waals surface area contributed by atoms with E-state index in [-0.39, 0.29) is 0 Å². The Balaban J connectivity index is 2.60. The molecule has 0 saturated carbocycles. The maximum atomic E-state index is 11.8. The lowest BCUT2D eigenvalue weighted by molar-refractivity contribution is -0.115. The molecule has 0 atom stereocenters. The summed E-state index contributed by atoms with van der Waals surface area (Å²) in [6.45, 7) is 0.774. The van der Waals surface area contributed by atoms with Crippen LogP contribution in [0.15, 0.2) is 24.3 Å². The highest BCUT2D eigenvalue weighted by atomic mass is 19.4. The van der Waals surface area contributed by atoms with E-state index in [1.807, 2.05) is 0 Å². The van der Waals surface area contributed by atoms with E-state index in [0.717, 1.165) is 5.56 Å². The Kier molecular flexibility index (Phi) is 2.80. The molecule has 0 aliphatic carbocycles. The molecule has 0 unspecified atom stereocenters. The van der Waals surface area contributed by atoms with Gasteiger partial charge in [-0.3, -0.25) is 0 Å². The van der Waals surface area contributed by atoms with Gasteiger partial charge in [-0.1, -0.05) is 18.2 Å². The summed E-state index contributed by atoms with van der Waals surface area (Å²) in [4.78, 5) is 0. The molecule has 72 valence electrons. The number of rotatable bonds is 2. The highest BCUT2D eigenvalue weighted by Gasteiger charge is 2.26. The fraction of sp³-hybridized carbons (Fsp3) is 0.333. The third-order valence-corrected chi connectivity index (χ3v) is 1.62. The normalized spacial score (nSPS) is 11.4. The molecule has 0 saturated heterocycles. The lowest BCUT2D eigenvalue weighted by Gasteiger charge is -2.11. The number of halogens is 3. The van der Waals surface area contributed by atoms with Gasteiger partial charge >= 0.3 is 6.18 Å². The SMILES string of the molecule is Cc1ccccc1NCC(F)(F)F. The average Bonchev–Trinajstić information content (AvgIpc) is 2.01. The van der Waals surface area contributed by atoms with Crippen LogP contribution >= 0.6 is 0 Å². The number of nitrogens with one attached hydrogen (secondary N) is 1. The van der Waals surface area contributed by atoms with Crippen molar-refractivity contribution < 1.29 is 13.2 Å². The van der Waals surface area contributed by atoms with Crippen LogP contribution in [0, 0.1) is 6.92 Å². The molecule has 0 amide bonds. The van der Waals surface area contributed by atoms with E-state index in [1.54, 1.807) is 31.2 Å². The molecule has 1 aromatic rings. The Hall–Kier alpha value is -1.19. The van der Waals surface area contributed by atoms with Crippen molar-refractivity contribution in [3.8, 4) is 0 Å². The van der Waals surface area contributed by atoms with Crippen LogP contribution in [-0.4, -0.2) is 12.7 Å². The first kappa shape index (κ1) is 9.89. The van der Waals surface area contributed by atoms with Crippen molar-refractivity contribution in [3.05, 3.63) is 29.8 Å². The van der Waals surface area contributed by atoms with Gasteiger partial charge in [0.15, 0.2) is 0 Å². The molecule has 0 radical (unpaired) electrons. The third-order valence-electron chi connectivity index (χ3n) is 1.62. The van der Waals surface area contributed by atoms with Gasteiger partial charge in [-0.15, -0.1) is 0 Å². The molecule has 1 N–H and O–H groups in total. The van der Waals surface area contributed by atoms with E-state index in [2.05, 4.69) is 5.32 Å². The highest BCUT2D eigenvalue weighted by Crippen LogP contribution is 2.18. The van der Waals surface area contributed by atoms with Crippen LogP contribution in [0.3, 0.4) is 0 Å². The second kappa shape index (κ2) is 3.68. The number of anilines is 1. The molecule has 0 heterocycles. The third kappa shape index (κ3) is 3.36. The molecule has 1 aromatic carbocycles. The predicted molar refractivity (Wildman–Crippen MR) is 45.7 cm³/mol. The van der Waals surface area contributed by atoms with Crippen molar-refractivity contribution in [2.75, 3.05) is 11.9 Å². The van der Waals surface area contributed by atoms with E-state index < -0.39 is 12.7 Å². The van der Waals surface area contributed by atoms with E-state index >= 15 is 0 Å². The van der Waals surface area contributed by atoms with Gasteiger partial charge in [0.05, 0.1) is 0 Å². The lowest BCUT2D eigenvalue weighted by atomic mass is 10.2. The maximum Gasteiger partial charge on any atom is 0.405 e. The highest BCUT2D eigenvalue weighted by molar-refractivity contribution is 5.50. The minimum atomic E-state index is -4.16. The van der Waals surface area contributed by atoms with Gasteiger partial charge in [-0.2, -0.15) is 13.2 Å². The number of benzene rings is 1. The van der Waals surface area contributed by atoms with Crippen LogP contribution in [0.2, 0.25) is 0 Å². The monoisotopic (exact) mass is 189 g/mol. The molecule has 13 heavy (non-hydrogen) atoms. The van der Waals surface area contributed by atoms with Crippen molar-refractivity contribution in [1.29, 1.82) is 0 Å². The zero-order chi connectivity index (χ0) is 9.90. The fourth-order valence-corrected chi connectivity index (χ4v) is 0.967. The Labute approximate surface area is 74.6 Å². The molecule has 0 aliphatic rings. The summed E-state index contributed by atoms with van der Waals surface area (Å²) in [6, 6.07) is 6.87. The Bertz CT molecular complexity index is 280. The number of hydrogen-bond acceptors (Lipinski definition) is 1. The maximum absolute atomic E-state index is 11.8. The molecule has 0 aliphatic heterocycles. The number of hydrogen-bond donors (Lipinski definition) is 1. The van der Waals surface area contributed by atoms with Gasteiger partial charge in [0.1, 0.15) is 6.54 Å². The quantitative estimate of drug-likeness (QED) is 0.754. The molecule has 1 rings (SSSR count). The molecule has 0 spiro atoms. The van der Waals surface area contributed by atoms with Crippen LogP contribution in [-0.2, 0) is 0 Å². The summed E-state index contributed by atoms with van der Waals surface area (Å²) < 4.78 is 35.4. The largest absolute Gasteiger partial charge is 0.405 e. The van der Waals surface area contributed by atoms with Gasteiger partial charge in [-0.05, 0) is 18.6 Å². The molecule has 1 nitrogen and oxygen atoms in total. The Morgan fingerprint density at radius 2 is 1.85 bits per heavy atom. The summed E-state index contributed by atoms with van der Waals surface area (Å²) >= 11 is 0. The van der Waals surface area contributed by atoms with Crippen molar-refractivity contribution >= 4 is 5.69 Å². The predicted octanol–water partition coefficient (Wildman–Crippen LogP) is 2.97. The van der Waals surface area contributed by atoms with E-state index in [4.69, 9.17) is 0 Å². The van der Waals surface area contributed by atoms with Gasteiger partial charge in [-0.25, -0.2) is 0 Å². The van der Waals surface area contributed by atoms with Crippen molar-refractivity contribution in [2.24, 2.45) is 0 Å². The molecular formula is C9H10F3N. The minimum absolute atomic E-state index is 0.528. The number of aryl methyl sites for hydroxylation is 1. The molecule has 0 bridgehead atoms. The van der Waals surface area contributed by atoms with Gasteiger partial charge in [0.2, 0.25) is 0 Å². The molecule has 0 aromatic heterocycles. The first-order chi connectivity index (χ1) is 5.99. The smallest absolute Gasteiger partial charge is 0.376 e. The minimum Gasteiger partial charge on any atom is -0.376 e. The summed E-state index contributed by atoms with van der Waals surface area (Å²) in [6.07, 6.45) is -4.16. The number of alkyl halides is 3. The average molecular weight is 189 g/mol. The van der Waals surface area contributed by atoms with Crippen molar-refractivity contribution in [1.82, 2.24) is 0 Å². The second-order valence-electron chi connectivity index (χ2n) is 2.78. The van der Waals surface area contributed by atoms with Crippen LogP contribution in [0.5, 0.6) is 0 Å². The summed E-state index contributed by atoms with van der Waals surface area (Å²) in [5, 5.41) is 2.33. The van der Waals surface area contributed by atoms with E-state index in [9.17, 15) is 13.2 Å². The van der Waals surface area contributed by atoms with Gasteiger partial charge < -0.3 is 5.32 Å². The van der Waals surface area contributed by atoms with Crippen LogP contribution in [0.4, 0.5) is 18.9 Å². The fourth-order valence-electron chi connectivity index (χ4n) is 0.967. The zero-order valence-electron chi connectivity index (χ0n) is 7.15. The Morgan fingerprint density at radius 1 is 1.23 bits per heavy atom. The summed E-state index contributed by atoms with van der Waals surface area (Å²) in [5.41, 5.74) is 1.34. The van der Waals surface area contributed by atoms with Gasteiger partial charge in [0, 0.05) is 5.69 Å². The number of para-hydroxylation sites is 1. The van der Waals surface area contributed by atoms with E-state index in [1.165, 1.54) is 0 Å². The Morgan fingerprint density at radius 3 is 2.38 bits per heavy atom. The molecular weight excluding hydrogens is 179 g/mol. The first-order valence-electron chi connectivity index (χ1n) is 3.85. The second-order valence-corrected chi connectivity index (χ2v) is 2.78. The summed E-state index contributed by atoms with van der Waals surface area (Å²) in [7, 11) is 0. The standard InChI is InChI=1S/C9H10F3N/c1-7-4-2-3-5-8(7)13-6-9(10,11)12/h2-5,13H,6H2,1H3. The lowest BCUT2D eigenvalue weighted by Crippen LogP contribution is -2.21. The molecule has 0 fully saturated rings. The zero-order valence-corrected chi connectivity index (χ0v) is 7.15. The topological polar surface area (TPSA) is 12.0 Å². The first-order valence-corrected chi connectivity index (χ1v) is 3.85. The van der Waals surface area contributed by atoms with E-state index in [0.29, 0.717) is 5.69 Å². The summed E-state index contributed by atoms with van der Waals surface area (Å²) in [5.74, 6) is 0. The van der Waals surface area contributed by atoms with Gasteiger partial charge in [0.25, 0.3) is 0 Å². The van der Waals surface area contributed by atoms with Crippen molar-refractivity contribution in [2.45, 2.75) is 13.1 Å². The van der Waals surface area contributed by atoms with Crippen molar-refractivity contribution in [3.63, 3.8) is 0 Å². The molecule has 4 heteroatoms. The van der Waals surface area contributed by atoms with Crippen LogP contribution < -0.4 is 5.32 Å². The van der Waals surface area contributed by atoms with Crippen LogP contribution in [0.1, 0.15) is 5.56 Å².